The van der Waals surface area contributed by atoms with Gasteiger partial charge in [0.1, 0.15) is 17.6 Å². The van der Waals surface area contributed by atoms with Crippen molar-refractivity contribution >= 4 is 6.09 Å². The molecule has 0 aliphatic heterocycles. The van der Waals surface area contributed by atoms with Gasteiger partial charge in [0, 0.05) is 30.0 Å². The number of carbonyl (C=O) groups excluding carboxylic acids is 1. The molecule has 2 aromatic rings. The summed E-state index contributed by atoms with van der Waals surface area (Å²) in [6.45, 7) is 7.68. The predicted molar refractivity (Wildman–Crippen MR) is 128 cm³/mol. The van der Waals surface area contributed by atoms with E-state index in [1.54, 1.807) is 6.07 Å². The van der Waals surface area contributed by atoms with E-state index in [0.717, 1.165) is 37.1 Å². The largest absolute Gasteiger partial charge is 0.519 e. The molecule has 0 bridgehead atoms. The third-order valence-electron chi connectivity index (χ3n) is 6.70. The van der Waals surface area contributed by atoms with Gasteiger partial charge < -0.3 is 10.1 Å². The molecule has 33 heavy (non-hydrogen) atoms. The second-order valence-electron chi connectivity index (χ2n) is 10.6. The van der Waals surface area contributed by atoms with Crippen LogP contribution in [0.4, 0.5) is 9.18 Å². The fourth-order valence-corrected chi connectivity index (χ4v) is 4.70. The fourth-order valence-electron chi connectivity index (χ4n) is 4.70. The van der Waals surface area contributed by atoms with E-state index in [9.17, 15) is 9.18 Å². The van der Waals surface area contributed by atoms with Crippen LogP contribution >= 0.6 is 0 Å². The van der Waals surface area contributed by atoms with Gasteiger partial charge in [-0.2, -0.15) is 4.79 Å². The van der Waals surface area contributed by atoms with E-state index in [1.165, 1.54) is 17.2 Å². The van der Waals surface area contributed by atoms with E-state index in [1.807, 2.05) is 39.0 Å². The van der Waals surface area contributed by atoms with Crippen LogP contribution in [0.2, 0.25) is 0 Å². The Kier molecular flexibility index (Phi) is 7.01. The maximum absolute atomic E-state index is 14.0. The Balaban J connectivity index is 1.45. The molecule has 2 N–H and O–H groups in total. The normalized spacial score (nSPS) is 21.3. The van der Waals surface area contributed by atoms with Crippen molar-refractivity contribution in [2.45, 2.75) is 64.5 Å². The molecule has 2 atom stereocenters. The molecule has 2 unspecified atom stereocenters. The Morgan fingerprint density at radius 3 is 2.48 bits per heavy atom. The molecule has 2 saturated carbocycles. The van der Waals surface area contributed by atoms with Crippen LogP contribution < -0.4 is 10.2 Å². The molecular formula is C28H36FN2O2+. The van der Waals surface area contributed by atoms with Crippen molar-refractivity contribution in [1.82, 2.24) is 5.32 Å². The zero-order valence-corrected chi connectivity index (χ0v) is 20.0. The quantitative estimate of drug-likeness (QED) is 0.595. The minimum Gasteiger partial charge on any atom is -0.414 e. The molecule has 176 valence electrons. The summed E-state index contributed by atoms with van der Waals surface area (Å²) in [5.74, 6) is 0.222. The summed E-state index contributed by atoms with van der Waals surface area (Å²) < 4.78 is 19.8. The molecule has 0 saturated heterocycles. The Bertz CT molecular complexity index is 992. The smallest absolute Gasteiger partial charge is 0.414 e. The number of carbonyl (C=O) groups is 1. The van der Waals surface area contributed by atoms with Crippen molar-refractivity contribution in [3.8, 4) is 0 Å². The second-order valence-corrected chi connectivity index (χ2v) is 10.6. The highest BCUT2D eigenvalue weighted by atomic mass is 19.1. The number of halogens is 1. The summed E-state index contributed by atoms with van der Waals surface area (Å²) in [4.78, 5) is 13.9. The summed E-state index contributed by atoms with van der Waals surface area (Å²) in [7, 11) is 0. The number of allylic oxidation sites excluding steroid dienone is 1. The van der Waals surface area contributed by atoms with Gasteiger partial charge in [0.15, 0.2) is 0 Å². The zero-order valence-electron chi connectivity index (χ0n) is 20.0. The van der Waals surface area contributed by atoms with Crippen molar-refractivity contribution < 1.29 is 18.8 Å². The van der Waals surface area contributed by atoms with Gasteiger partial charge in [-0.1, -0.05) is 55.0 Å². The topological polar surface area (TPSA) is 42.8 Å². The van der Waals surface area contributed by atoms with Gasteiger partial charge in [0.25, 0.3) is 0 Å². The number of rotatable bonds is 8. The Morgan fingerprint density at radius 2 is 1.85 bits per heavy atom. The molecule has 4 rings (SSSR count). The highest BCUT2D eigenvalue weighted by Gasteiger charge is 2.44. The molecule has 0 aromatic heterocycles. The lowest BCUT2D eigenvalue weighted by atomic mass is 9.68. The highest BCUT2D eigenvalue weighted by Crippen LogP contribution is 2.46. The number of nitrogens with one attached hydrogen (secondary N) is 2. The Morgan fingerprint density at radius 1 is 1.15 bits per heavy atom. The first-order valence-corrected chi connectivity index (χ1v) is 12.0. The first-order chi connectivity index (χ1) is 15.7. The van der Waals surface area contributed by atoms with E-state index < -0.39 is 5.60 Å². The molecule has 1 amide bonds. The van der Waals surface area contributed by atoms with Crippen molar-refractivity contribution in [2.75, 3.05) is 13.1 Å². The molecule has 4 nitrogen and oxygen atoms in total. The third-order valence-corrected chi connectivity index (χ3v) is 6.70. The van der Waals surface area contributed by atoms with Crippen LogP contribution in [0.25, 0.3) is 0 Å². The predicted octanol–water partition coefficient (Wildman–Crippen LogP) is 4.98. The summed E-state index contributed by atoms with van der Waals surface area (Å²) >= 11 is 0. The van der Waals surface area contributed by atoms with E-state index in [-0.39, 0.29) is 17.3 Å². The number of alkyl carbamates (subject to hydrolysis) is 2. The monoisotopic (exact) mass is 451 g/mol. The summed E-state index contributed by atoms with van der Waals surface area (Å²) in [6.07, 6.45) is 6.17. The summed E-state index contributed by atoms with van der Waals surface area (Å²) in [5, 5.41) is 3.46. The maximum atomic E-state index is 14.0. The zero-order chi connectivity index (χ0) is 23.5. The average Bonchev–Trinajstić information content (AvgIpc) is 3.51. The standard InChI is InChI=1S/C28H35FN2O2/c1-27(2,3)33-26(32)31(18-23-16-24(23)21-10-5-4-6-11-21)20-28(14-9-15-28)19-30-17-22-12-7-8-13-25(22)29/h4-8,10-13,18,24,30H,9,14-17,19-20H2,1-3H3/p+1. The molecule has 0 heterocycles. The van der Waals surface area contributed by atoms with Crippen molar-refractivity contribution in [2.24, 2.45) is 5.41 Å². The number of hydrogen-bond donors (Lipinski definition) is 2. The number of ether oxygens (including phenoxy) is 1. The number of quaternary nitrogens is 1. The van der Waals surface area contributed by atoms with Gasteiger partial charge in [-0.25, -0.2) is 9.29 Å². The van der Waals surface area contributed by atoms with Crippen LogP contribution in [0.5, 0.6) is 0 Å². The van der Waals surface area contributed by atoms with E-state index in [0.29, 0.717) is 24.6 Å². The molecule has 2 aromatic carbocycles. The molecular weight excluding hydrogens is 415 g/mol. The second kappa shape index (κ2) is 9.78. The van der Waals surface area contributed by atoms with Crippen LogP contribution in [0.1, 0.15) is 63.5 Å². The van der Waals surface area contributed by atoms with Crippen molar-refractivity contribution in [3.63, 3.8) is 0 Å². The molecule has 2 aliphatic carbocycles. The summed E-state index contributed by atoms with van der Waals surface area (Å²) in [6, 6.07) is 17.3. The van der Waals surface area contributed by atoms with Gasteiger partial charge in [-0.15, -0.1) is 0 Å². The first-order valence-electron chi connectivity index (χ1n) is 12.0. The highest BCUT2D eigenvalue weighted by molar-refractivity contribution is 5.58. The number of amides is 1. The van der Waals surface area contributed by atoms with Gasteiger partial charge in [0.2, 0.25) is 0 Å². The number of hydrogen-bond acceptors (Lipinski definition) is 3. The number of benzene rings is 2. The average molecular weight is 452 g/mol. The van der Waals surface area contributed by atoms with E-state index in [2.05, 4.69) is 35.8 Å². The molecule has 2 fully saturated rings. The van der Waals surface area contributed by atoms with Gasteiger partial charge >= 0.3 is 6.09 Å². The van der Waals surface area contributed by atoms with Crippen LogP contribution in [-0.2, 0) is 11.3 Å². The lowest BCUT2D eigenvalue weighted by molar-refractivity contribution is -0.779. The Labute approximate surface area is 196 Å². The van der Waals surface area contributed by atoms with Crippen LogP contribution in [-0.4, -0.2) is 24.8 Å². The Hall–Kier alpha value is -2.50. The van der Waals surface area contributed by atoms with Crippen LogP contribution in [0.15, 0.2) is 66.4 Å². The minimum absolute atomic E-state index is 0.0195. The SMILES string of the molecule is CC(C)(C)OC(=O)[NH+](C=C1CC1c1ccccc1)CC1(CNCc2ccccc2F)CCC1. The maximum Gasteiger partial charge on any atom is 0.519 e. The van der Waals surface area contributed by atoms with Gasteiger partial charge in [-0.3, -0.25) is 0 Å². The molecule has 0 radical (unpaired) electrons. The van der Waals surface area contributed by atoms with Gasteiger partial charge in [0.05, 0.1) is 6.54 Å². The van der Waals surface area contributed by atoms with Crippen molar-refractivity contribution in [1.29, 1.82) is 0 Å². The first kappa shape index (κ1) is 23.7. The van der Waals surface area contributed by atoms with Crippen LogP contribution in [0, 0.1) is 11.2 Å². The molecule has 0 spiro atoms. The van der Waals surface area contributed by atoms with Gasteiger partial charge in [-0.05, 0) is 57.2 Å². The third kappa shape index (κ3) is 6.30. The molecule has 2 aliphatic rings. The fraction of sp³-hybridized carbons (Fsp3) is 0.464. The lowest BCUT2D eigenvalue weighted by Crippen LogP contribution is -3.12. The van der Waals surface area contributed by atoms with Crippen molar-refractivity contribution in [3.05, 3.63) is 83.3 Å². The molecule has 5 heteroatoms. The van der Waals surface area contributed by atoms with Crippen LogP contribution in [0.3, 0.4) is 0 Å². The van der Waals surface area contributed by atoms with E-state index >= 15 is 0 Å². The summed E-state index contributed by atoms with van der Waals surface area (Å²) in [5.41, 5.74) is 2.77. The minimum atomic E-state index is -0.529. The van der Waals surface area contributed by atoms with E-state index in [4.69, 9.17) is 4.74 Å². The lowest BCUT2D eigenvalue weighted by Gasteiger charge is -2.42.